The summed E-state index contributed by atoms with van der Waals surface area (Å²) in [4.78, 5) is 21.0. The van der Waals surface area contributed by atoms with Crippen molar-refractivity contribution in [3.63, 3.8) is 0 Å². The summed E-state index contributed by atoms with van der Waals surface area (Å²) in [6, 6.07) is 3.94. The highest BCUT2D eigenvalue weighted by molar-refractivity contribution is 6.29. The number of hydrogen-bond acceptors (Lipinski definition) is 3. The molecule has 1 aromatic rings. The molecule has 0 aromatic carbocycles. The Hall–Kier alpha value is -1.13. The molecule has 2 heterocycles. The number of piperazine rings is 1. The number of amides is 1. The van der Waals surface area contributed by atoms with E-state index in [1.54, 1.807) is 6.07 Å². The lowest BCUT2D eigenvalue weighted by atomic mass is 10.1. The van der Waals surface area contributed by atoms with Crippen LogP contribution in [-0.2, 0) is 6.42 Å². The summed E-state index contributed by atoms with van der Waals surface area (Å²) in [5.74, 6) is 0.0617. The van der Waals surface area contributed by atoms with Crippen LogP contribution in [0.3, 0.4) is 0 Å². The van der Waals surface area contributed by atoms with Crippen LogP contribution >= 0.6 is 11.6 Å². The lowest BCUT2D eigenvalue weighted by Crippen LogP contribution is -2.52. The number of aryl methyl sites for hydroxylation is 1. The first-order chi connectivity index (χ1) is 9.51. The molecule has 1 aliphatic heterocycles. The molecular formula is C15H22ClN3O. The van der Waals surface area contributed by atoms with Gasteiger partial charge >= 0.3 is 0 Å². The summed E-state index contributed by atoms with van der Waals surface area (Å²) in [7, 11) is 2.09. The number of carbonyl (C=O) groups is 1. The van der Waals surface area contributed by atoms with Crippen LogP contribution in [0.4, 0.5) is 0 Å². The smallest absolute Gasteiger partial charge is 0.254 e. The second-order valence-electron chi connectivity index (χ2n) is 5.50. The lowest BCUT2D eigenvalue weighted by molar-refractivity contribution is 0.0572. The first-order valence-corrected chi connectivity index (χ1v) is 7.55. The molecule has 1 aliphatic rings. The van der Waals surface area contributed by atoms with E-state index in [9.17, 15) is 4.79 Å². The molecule has 1 unspecified atom stereocenters. The van der Waals surface area contributed by atoms with Gasteiger partial charge in [0.2, 0.25) is 0 Å². The zero-order valence-corrected chi connectivity index (χ0v) is 13.2. The Morgan fingerprint density at radius 2 is 2.20 bits per heavy atom. The van der Waals surface area contributed by atoms with E-state index >= 15 is 0 Å². The van der Waals surface area contributed by atoms with Crippen molar-refractivity contribution in [3.05, 3.63) is 28.5 Å². The third-order valence-electron chi connectivity index (χ3n) is 3.85. The number of rotatable bonds is 3. The van der Waals surface area contributed by atoms with E-state index in [1.807, 2.05) is 11.0 Å². The summed E-state index contributed by atoms with van der Waals surface area (Å²) in [6.07, 6.45) is 1.84. The third kappa shape index (κ3) is 3.49. The molecular weight excluding hydrogens is 274 g/mol. The van der Waals surface area contributed by atoms with Crippen molar-refractivity contribution in [1.29, 1.82) is 0 Å². The summed E-state index contributed by atoms with van der Waals surface area (Å²) >= 11 is 6.03. The van der Waals surface area contributed by atoms with Crippen LogP contribution in [0.2, 0.25) is 5.15 Å². The average Bonchev–Trinajstić information content (AvgIpc) is 2.41. The van der Waals surface area contributed by atoms with Crippen LogP contribution in [0.5, 0.6) is 0 Å². The van der Waals surface area contributed by atoms with Gasteiger partial charge in [-0.3, -0.25) is 4.79 Å². The minimum absolute atomic E-state index is 0.0617. The standard InChI is InChI=1S/C15H22ClN3O/c1-4-5-13-8-12(9-14(16)17-13)15(20)19-7-6-18(3)11(2)10-19/h8-9,11H,4-7,10H2,1-3H3. The maximum atomic E-state index is 12.6. The zero-order valence-electron chi connectivity index (χ0n) is 12.4. The molecule has 20 heavy (non-hydrogen) atoms. The number of carbonyl (C=O) groups excluding carboxylic acids is 1. The van der Waals surface area contributed by atoms with E-state index in [-0.39, 0.29) is 5.91 Å². The molecule has 1 fully saturated rings. The molecule has 1 aromatic heterocycles. The van der Waals surface area contributed by atoms with Crippen LogP contribution in [0, 0.1) is 0 Å². The molecule has 0 saturated carbocycles. The maximum Gasteiger partial charge on any atom is 0.254 e. The first kappa shape index (κ1) is 15.3. The fourth-order valence-corrected chi connectivity index (χ4v) is 2.70. The van der Waals surface area contributed by atoms with Gasteiger partial charge < -0.3 is 9.80 Å². The monoisotopic (exact) mass is 295 g/mol. The van der Waals surface area contributed by atoms with Crippen LogP contribution in [0.15, 0.2) is 12.1 Å². The largest absolute Gasteiger partial charge is 0.336 e. The number of pyridine rings is 1. The number of hydrogen-bond donors (Lipinski definition) is 0. The van der Waals surface area contributed by atoms with Gasteiger partial charge in [0.15, 0.2) is 0 Å². The van der Waals surface area contributed by atoms with Crippen molar-refractivity contribution in [2.45, 2.75) is 32.7 Å². The number of nitrogens with zero attached hydrogens (tertiary/aromatic N) is 3. The van der Waals surface area contributed by atoms with Crippen LogP contribution in [0.1, 0.15) is 36.3 Å². The van der Waals surface area contributed by atoms with Crippen molar-refractivity contribution >= 4 is 17.5 Å². The van der Waals surface area contributed by atoms with Crippen LogP contribution in [-0.4, -0.2) is 53.4 Å². The van der Waals surface area contributed by atoms with E-state index in [0.717, 1.165) is 38.2 Å². The molecule has 2 rings (SSSR count). The maximum absolute atomic E-state index is 12.6. The SMILES string of the molecule is CCCc1cc(C(=O)N2CCN(C)C(C)C2)cc(Cl)n1. The molecule has 1 saturated heterocycles. The lowest BCUT2D eigenvalue weighted by Gasteiger charge is -2.37. The first-order valence-electron chi connectivity index (χ1n) is 7.17. The molecule has 5 heteroatoms. The Labute approximate surface area is 125 Å². The molecule has 110 valence electrons. The van der Waals surface area contributed by atoms with Gasteiger partial charge in [0.25, 0.3) is 5.91 Å². The Kier molecular flexibility index (Phi) is 5.00. The quantitative estimate of drug-likeness (QED) is 0.804. The molecule has 0 spiro atoms. The second kappa shape index (κ2) is 6.55. The average molecular weight is 296 g/mol. The highest BCUT2D eigenvalue weighted by atomic mass is 35.5. The molecule has 0 N–H and O–H groups in total. The van der Waals surface area contributed by atoms with Crippen molar-refractivity contribution < 1.29 is 4.79 Å². The van der Waals surface area contributed by atoms with E-state index < -0.39 is 0 Å². The Balaban J connectivity index is 2.16. The van der Waals surface area contributed by atoms with Crippen molar-refractivity contribution in [2.24, 2.45) is 0 Å². The Morgan fingerprint density at radius 1 is 1.45 bits per heavy atom. The van der Waals surface area contributed by atoms with Crippen LogP contribution < -0.4 is 0 Å². The predicted octanol–water partition coefficient (Wildman–Crippen LogP) is 2.46. The Morgan fingerprint density at radius 3 is 2.85 bits per heavy atom. The second-order valence-corrected chi connectivity index (χ2v) is 5.89. The summed E-state index contributed by atoms with van der Waals surface area (Å²) < 4.78 is 0. The minimum atomic E-state index is 0.0617. The highest BCUT2D eigenvalue weighted by Gasteiger charge is 2.25. The minimum Gasteiger partial charge on any atom is -0.336 e. The van der Waals surface area contributed by atoms with E-state index in [2.05, 4.69) is 30.8 Å². The number of halogens is 1. The molecule has 4 nitrogen and oxygen atoms in total. The molecule has 0 bridgehead atoms. The third-order valence-corrected chi connectivity index (χ3v) is 4.04. The molecule has 1 amide bonds. The normalized spacial score (nSPS) is 20.2. The van der Waals surface area contributed by atoms with Gasteiger partial charge in [-0.1, -0.05) is 24.9 Å². The van der Waals surface area contributed by atoms with Crippen LogP contribution in [0.25, 0.3) is 0 Å². The predicted molar refractivity (Wildman–Crippen MR) is 81.2 cm³/mol. The summed E-state index contributed by atoms with van der Waals surface area (Å²) in [5, 5.41) is 0.404. The van der Waals surface area contributed by atoms with Gasteiger partial charge in [-0.2, -0.15) is 0 Å². The molecule has 0 aliphatic carbocycles. The van der Waals surface area contributed by atoms with E-state index in [4.69, 9.17) is 11.6 Å². The van der Waals surface area contributed by atoms with Gasteiger partial charge in [-0.05, 0) is 32.5 Å². The van der Waals surface area contributed by atoms with Crippen molar-refractivity contribution in [2.75, 3.05) is 26.7 Å². The van der Waals surface area contributed by atoms with Gasteiger partial charge in [0.05, 0.1) is 0 Å². The van der Waals surface area contributed by atoms with E-state index in [1.165, 1.54) is 0 Å². The van der Waals surface area contributed by atoms with E-state index in [0.29, 0.717) is 16.8 Å². The zero-order chi connectivity index (χ0) is 14.7. The molecule has 1 atom stereocenters. The number of aromatic nitrogens is 1. The van der Waals surface area contributed by atoms with Gasteiger partial charge in [0.1, 0.15) is 5.15 Å². The topological polar surface area (TPSA) is 36.4 Å². The van der Waals surface area contributed by atoms with Crippen molar-refractivity contribution in [3.8, 4) is 0 Å². The van der Waals surface area contributed by atoms with Gasteiger partial charge in [0, 0.05) is 36.9 Å². The van der Waals surface area contributed by atoms with Crippen molar-refractivity contribution in [1.82, 2.24) is 14.8 Å². The fraction of sp³-hybridized carbons (Fsp3) is 0.600. The summed E-state index contributed by atoms with van der Waals surface area (Å²) in [5.41, 5.74) is 1.55. The van der Waals surface area contributed by atoms with Gasteiger partial charge in [-0.15, -0.1) is 0 Å². The highest BCUT2D eigenvalue weighted by Crippen LogP contribution is 2.16. The Bertz CT molecular complexity index is 492. The fourth-order valence-electron chi connectivity index (χ4n) is 2.47. The van der Waals surface area contributed by atoms with Gasteiger partial charge in [-0.25, -0.2) is 4.98 Å². The number of likely N-dealkylation sites (N-methyl/N-ethyl adjacent to an activating group) is 1. The molecule has 0 radical (unpaired) electrons. The summed E-state index contributed by atoms with van der Waals surface area (Å²) in [6.45, 7) is 6.67.